The van der Waals surface area contributed by atoms with Crippen LogP contribution in [0.15, 0.2) is 29.8 Å². The number of nitrogens with zero attached hydrogens (tertiary/aromatic N) is 2. The number of nitrogens with one attached hydrogen (secondary N) is 1. The lowest BCUT2D eigenvalue weighted by atomic mass is 10.2. The van der Waals surface area contributed by atoms with Crippen LogP contribution in [0.25, 0.3) is 0 Å². The average Bonchev–Trinajstić information content (AvgIpc) is 2.97. The molecule has 2 rings (SSSR count). The molecule has 2 aromatic rings. The third-order valence-corrected chi connectivity index (χ3v) is 3.23. The Balaban J connectivity index is 0. The van der Waals surface area contributed by atoms with E-state index in [1.54, 1.807) is 36.5 Å². The van der Waals surface area contributed by atoms with E-state index in [2.05, 4.69) is 10.3 Å². The van der Waals surface area contributed by atoms with Crippen LogP contribution < -0.4 is 5.32 Å². The first-order valence-electron chi connectivity index (χ1n) is 7.34. The topological polar surface area (TPSA) is 68.1 Å². The van der Waals surface area contributed by atoms with Crippen molar-refractivity contribution in [2.75, 3.05) is 12.4 Å². The second kappa shape index (κ2) is 14.0. The fourth-order valence-corrected chi connectivity index (χ4v) is 1.97. The Hall–Kier alpha value is -1.95. The number of nitro groups is 1. The number of hydrogen-bond donors (Lipinski definition) is 1. The van der Waals surface area contributed by atoms with Crippen molar-refractivity contribution in [2.24, 2.45) is 0 Å². The molecule has 0 saturated carbocycles. The van der Waals surface area contributed by atoms with E-state index in [-0.39, 0.29) is 10.6 Å². The summed E-state index contributed by atoms with van der Waals surface area (Å²) >= 11 is 1.63. The monoisotopic (exact) mass is 325 g/mol. The number of aromatic nitrogens is 1. The Morgan fingerprint density at radius 1 is 1.14 bits per heavy atom. The van der Waals surface area contributed by atoms with Gasteiger partial charge in [-0.1, -0.05) is 45.9 Å². The number of thiazole rings is 1. The molecule has 0 spiro atoms. The van der Waals surface area contributed by atoms with Crippen molar-refractivity contribution >= 4 is 22.0 Å². The van der Waals surface area contributed by atoms with E-state index >= 15 is 0 Å². The number of aryl methyl sites for hydroxylation is 2. The van der Waals surface area contributed by atoms with Crippen LogP contribution >= 0.6 is 11.3 Å². The Bertz CT molecular complexity index is 528. The lowest BCUT2D eigenvalue weighted by Gasteiger charge is -1.92. The number of rotatable bonds is 2. The fraction of sp³-hybridized carbons (Fsp3) is 0.438. The Labute approximate surface area is 137 Å². The van der Waals surface area contributed by atoms with Crippen LogP contribution in [0.3, 0.4) is 0 Å². The number of nitro benzene ring substituents is 1. The molecule has 0 aliphatic carbocycles. The summed E-state index contributed by atoms with van der Waals surface area (Å²) in [7, 11) is 1.90. The molecule has 0 bridgehead atoms. The van der Waals surface area contributed by atoms with Gasteiger partial charge in [-0.05, 0) is 13.8 Å². The first kappa shape index (κ1) is 22.3. The lowest BCUT2D eigenvalue weighted by molar-refractivity contribution is -0.385. The predicted molar refractivity (Wildman–Crippen MR) is 96.9 cm³/mol. The molecule has 0 saturated heterocycles. The zero-order valence-electron chi connectivity index (χ0n) is 14.5. The summed E-state index contributed by atoms with van der Waals surface area (Å²) in [5.41, 5.74) is 3.80. The number of anilines is 1. The van der Waals surface area contributed by atoms with Gasteiger partial charge < -0.3 is 5.32 Å². The van der Waals surface area contributed by atoms with Crippen LogP contribution in [0, 0.1) is 24.0 Å². The Morgan fingerprint density at radius 3 is 1.95 bits per heavy atom. The van der Waals surface area contributed by atoms with Gasteiger partial charge in [-0.25, -0.2) is 4.98 Å². The van der Waals surface area contributed by atoms with E-state index in [1.807, 2.05) is 47.2 Å². The molecule has 124 valence electrons. The Morgan fingerprint density at radius 2 is 1.68 bits per heavy atom. The molecule has 1 aromatic heterocycles. The van der Waals surface area contributed by atoms with Gasteiger partial charge in [-0.3, -0.25) is 10.1 Å². The molecule has 1 aromatic carbocycles. The number of benzene rings is 1. The summed E-state index contributed by atoms with van der Waals surface area (Å²) in [5, 5.41) is 14.4. The van der Waals surface area contributed by atoms with Gasteiger partial charge in [0.1, 0.15) is 5.00 Å². The second-order valence-corrected chi connectivity index (χ2v) is 4.42. The highest BCUT2D eigenvalue weighted by molar-refractivity contribution is 7.14. The summed E-state index contributed by atoms with van der Waals surface area (Å²) in [5.74, 6) is 0. The molecule has 0 atom stereocenters. The van der Waals surface area contributed by atoms with E-state index in [4.69, 9.17) is 0 Å². The molecule has 1 heterocycles. The van der Waals surface area contributed by atoms with Gasteiger partial charge >= 0.3 is 0 Å². The van der Waals surface area contributed by atoms with Crippen LogP contribution in [0.1, 0.15) is 39.0 Å². The van der Waals surface area contributed by atoms with Crippen molar-refractivity contribution < 1.29 is 4.92 Å². The summed E-state index contributed by atoms with van der Waals surface area (Å²) in [6.07, 6.45) is 0. The molecule has 5 nitrogen and oxygen atoms in total. The molecule has 0 fully saturated rings. The van der Waals surface area contributed by atoms with Crippen molar-refractivity contribution in [2.45, 2.75) is 41.5 Å². The molecule has 22 heavy (non-hydrogen) atoms. The molecule has 1 N–H and O–H groups in total. The average molecular weight is 325 g/mol. The molecule has 0 radical (unpaired) electrons. The minimum absolute atomic E-state index is 0.183. The molecule has 0 unspecified atom stereocenters. The largest absolute Gasteiger partial charge is 0.378 e. The maximum Gasteiger partial charge on any atom is 0.272 e. The first-order chi connectivity index (χ1) is 10.6. The summed E-state index contributed by atoms with van der Waals surface area (Å²) in [6, 6.07) is 6.65. The SMILES string of the molecule is CC.CC.CNc1scnc1C.Cc1ccccc1[N+](=O)[O-]. The van der Waals surface area contributed by atoms with Crippen LogP contribution in [0.5, 0.6) is 0 Å². The molecule has 0 aliphatic rings. The van der Waals surface area contributed by atoms with Crippen molar-refractivity contribution in [1.29, 1.82) is 0 Å². The normalized spacial score (nSPS) is 8.14. The minimum atomic E-state index is -0.380. The quantitative estimate of drug-likeness (QED) is 0.589. The van der Waals surface area contributed by atoms with Crippen LogP contribution in [0.4, 0.5) is 10.7 Å². The van der Waals surface area contributed by atoms with Gasteiger partial charge in [0.25, 0.3) is 5.69 Å². The van der Waals surface area contributed by atoms with E-state index in [9.17, 15) is 10.1 Å². The molecule has 6 heteroatoms. The van der Waals surface area contributed by atoms with Crippen LogP contribution in [-0.2, 0) is 0 Å². The van der Waals surface area contributed by atoms with Gasteiger partial charge in [-0.15, -0.1) is 11.3 Å². The maximum absolute atomic E-state index is 10.2. The van der Waals surface area contributed by atoms with E-state index in [0.717, 1.165) is 10.7 Å². The van der Waals surface area contributed by atoms with E-state index in [1.165, 1.54) is 6.07 Å². The highest BCUT2D eigenvalue weighted by Gasteiger charge is 2.05. The highest BCUT2D eigenvalue weighted by atomic mass is 32.1. The highest BCUT2D eigenvalue weighted by Crippen LogP contribution is 2.17. The zero-order chi connectivity index (χ0) is 17.5. The standard InChI is InChI=1S/C7H7NO2.C5H8N2S.2C2H6/c1-6-4-2-3-5-7(6)8(9)10;1-4-5(6-2)8-3-7-4;2*1-2/h2-5H,1H3;3,6H,1-2H3;2*1-2H3. The van der Waals surface area contributed by atoms with Crippen molar-refractivity contribution in [3.8, 4) is 0 Å². The zero-order valence-corrected chi connectivity index (χ0v) is 15.3. The van der Waals surface area contributed by atoms with Gasteiger partial charge in [0.05, 0.1) is 16.1 Å². The van der Waals surface area contributed by atoms with Crippen molar-refractivity contribution in [3.63, 3.8) is 0 Å². The van der Waals surface area contributed by atoms with Gasteiger partial charge in [0.15, 0.2) is 0 Å². The lowest BCUT2D eigenvalue weighted by Crippen LogP contribution is -1.89. The smallest absolute Gasteiger partial charge is 0.272 e. The van der Waals surface area contributed by atoms with E-state index < -0.39 is 0 Å². The van der Waals surface area contributed by atoms with Gasteiger partial charge in [-0.2, -0.15) is 0 Å². The summed E-state index contributed by atoms with van der Waals surface area (Å²) in [6.45, 7) is 11.7. The van der Waals surface area contributed by atoms with Crippen LogP contribution in [0.2, 0.25) is 0 Å². The van der Waals surface area contributed by atoms with Gasteiger partial charge in [0, 0.05) is 18.7 Å². The van der Waals surface area contributed by atoms with Gasteiger partial charge in [0.2, 0.25) is 0 Å². The minimum Gasteiger partial charge on any atom is -0.378 e. The predicted octanol–water partition coefficient (Wildman–Crippen LogP) is 5.45. The van der Waals surface area contributed by atoms with Crippen LogP contribution in [-0.4, -0.2) is 17.0 Å². The first-order valence-corrected chi connectivity index (χ1v) is 8.22. The molecular formula is C16H27N3O2S. The summed E-state index contributed by atoms with van der Waals surface area (Å²) in [4.78, 5) is 13.9. The Kier molecular flexibility index (Phi) is 14.2. The maximum atomic E-state index is 10.2. The van der Waals surface area contributed by atoms with Crippen molar-refractivity contribution in [3.05, 3.63) is 51.1 Å². The fourth-order valence-electron chi connectivity index (χ4n) is 1.31. The molecule has 0 amide bonds. The number of hydrogen-bond acceptors (Lipinski definition) is 5. The molecule has 0 aliphatic heterocycles. The van der Waals surface area contributed by atoms with Crippen molar-refractivity contribution in [1.82, 2.24) is 4.98 Å². The third kappa shape index (κ3) is 8.36. The summed E-state index contributed by atoms with van der Waals surface area (Å²) < 4.78 is 0. The number of para-hydroxylation sites is 1. The third-order valence-electron chi connectivity index (χ3n) is 2.28. The van der Waals surface area contributed by atoms with E-state index in [0.29, 0.717) is 5.56 Å². The molecular weight excluding hydrogens is 298 g/mol. The second-order valence-electron chi connectivity index (χ2n) is 3.56.